The van der Waals surface area contributed by atoms with E-state index in [1.54, 1.807) is 0 Å². The van der Waals surface area contributed by atoms with Crippen LogP contribution in [0.1, 0.15) is 78.1 Å². The molecule has 0 spiro atoms. The second kappa shape index (κ2) is 9.04. The minimum atomic E-state index is 0.833. The molecule has 1 heteroatoms. The monoisotopic (exact) mass is 225 g/mol. The Balaban J connectivity index is 2.05. The summed E-state index contributed by atoms with van der Waals surface area (Å²) in [5.41, 5.74) is 0. The first-order valence-corrected chi connectivity index (χ1v) is 7.58. The summed E-state index contributed by atoms with van der Waals surface area (Å²) in [4.78, 5) is 2.73. The van der Waals surface area contributed by atoms with Crippen molar-refractivity contribution >= 4 is 0 Å². The van der Waals surface area contributed by atoms with E-state index in [4.69, 9.17) is 0 Å². The van der Waals surface area contributed by atoms with Crippen LogP contribution in [0.2, 0.25) is 0 Å². The van der Waals surface area contributed by atoms with Gasteiger partial charge < -0.3 is 4.90 Å². The van der Waals surface area contributed by atoms with Gasteiger partial charge in [0.15, 0.2) is 0 Å². The third-order valence-corrected chi connectivity index (χ3v) is 3.99. The summed E-state index contributed by atoms with van der Waals surface area (Å²) in [7, 11) is 0. The lowest BCUT2D eigenvalue weighted by molar-refractivity contribution is 0.203. The van der Waals surface area contributed by atoms with E-state index >= 15 is 0 Å². The van der Waals surface area contributed by atoms with Gasteiger partial charge in [0.1, 0.15) is 0 Å². The number of hydrogen-bond acceptors (Lipinski definition) is 1. The number of unbranched alkanes of at least 4 members (excludes halogenated alkanes) is 4. The summed E-state index contributed by atoms with van der Waals surface area (Å²) in [6, 6.07) is 0.833. The second-order valence-corrected chi connectivity index (χ2v) is 5.50. The Kier molecular flexibility index (Phi) is 7.92. The molecule has 1 rings (SSSR count). The Bertz CT molecular complexity index is 148. The second-order valence-electron chi connectivity index (χ2n) is 5.50. The van der Waals surface area contributed by atoms with E-state index in [0.29, 0.717) is 0 Å². The van der Waals surface area contributed by atoms with Crippen LogP contribution in [-0.2, 0) is 0 Å². The maximum atomic E-state index is 2.73. The quantitative estimate of drug-likeness (QED) is 0.572. The van der Waals surface area contributed by atoms with E-state index < -0.39 is 0 Å². The van der Waals surface area contributed by atoms with Crippen LogP contribution in [0.4, 0.5) is 0 Å². The molecule has 0 bridgehead atoms. The Morgan fingerprint density at radius 1 is 0.875 bits per heavy atom. The molecule has 1 unspecified atom stereocenters. The smallest absolute Gasteiger partial charge is 0.00669 e. The van der Waals surface area contributed by atoms with Gasteiger partial charge in [0.05, 0.1) is 0 Å². The molecule has 1 fully saturated rings. The lowest BCUT2D eigenvalue weighted by Crippen LogP contribution is -2.33. The van der Waals surface area contributed by atoms with Gasteiger partial charge in [-0.25, -0.2) is 0 Å². The molecule has 1 atom stereocenters. The van der Waals surface area contributed by atoms with Crippen molar-refractivity contribution in [3.63, 3.8) is 0 Å². The van der Waals surface area contributed by atoms with Crippen molar-refractivity contribution in [2.45, 2.75) is 84.1 Å². The molecule has 0 radical (unpaired) electrons. The van der Waals surface area contributed by atoms with Gasteiger partial charge in [-0.3, -0.25) is 0 Å². The fourth-order valence-corrected chi connectivity index (χ4v) is 2.76. The van der Waals surface area contributed by atoms with E-state index in [9.17, 15) is 0 Å². The highest BCUT2D eigenvalue weighted by Gasteiger charge is 2.14. The Morgan fingerprint density at radius 2 is 1.50 bits per heavy atom. The van der Waals surface area contributed by atoms with Gasteiger partial charge in [0.2, 0.25) is 0 Å². The zero-order valence-corrected chi connectivity index (χ0v) is 11.5. The summed E-state index contributed by atoms with van der Waals surface area (Å²) >= 11 is 0. The Morgan fingerprint density at radius 3 is 2.12 bits per heavy atom. The number of nitrogens with zero attached hydrogens (tertiary/aromatic N) is 1. The minimum Gasteiger partial charge on any atom is -0.301 e. The largest absolute Gasteiger partial charge is 0.301 e. The van der Waals surface area contributed by atoms with E-state index in [1.165, 1.54) is 77.3 Å². The number of rotatable bonds is 7. The molecule has 16 heavy (non-hydrogen) atoms. The van der Waals surface area contributed by atoms with Crippen molar-refractivity contribution in [3.8, 4) is 0 Å². The summed E-state index contributed by atoms with van der Waals surface area (Å²) in [5.74, 6) is 0. The SMILES string of the molecule is CCCCCCCC(C)N1CCCCCC1. The Labute approximate surface area is 103 Å². The van der Waals surface area contributed by atoms with Gasteiger partial charge in [0, 0.05) is 6.04 Å². The van der Waals surface area contributed by atoms with Gasteiger partial charge in [0.25, 0.3) is 0 Å². The van der Waals surface area contributed by atoms with Gasteiger partial charge in [-0.05, 0) is 39.3 Å². The van der Waals surface area contributed by atoms with Crippen LogP contribution in [0.3, 0.4) is 0 Å². The molecule has 1 saturated heterocycles. The minimum absolute atomic E-state index is 0.833. The van der Waals surface area contributed by atoms with Crippen LogP contribution < -0.4 is 0 Å². The fourth-order valence-electron chi connectivity index (χ4n) is 2.76. The predicted molar refractivity (Wildman–Crippen MR) is 72.9 cm³/mol. The van der Waals surface area contributed by atoms with Gasteiger partial charge in [-0.15, -0.1) is 0 Å². The van der Waals surface area contributed by atoms with E-state index in [2.05, 4.69) is 18.7 Å². The lowest BCUT2D eigenvalue weighted by atomic mass is 10.1. The molecule has 1 aliphatic heterocycles. The summed E-state index contributed by atoms with van der Waals surface area (Å²) in [5, 5.41) is 0. The normalized spacial score (nSPS) is 20.6. The number of hydrogen-bond donors (Lipinski definition) is 0. The third-order valence-electron chi connectivity index (χ3n) is 3.99. The maximum absolute atomic E-state index is 2.73. The summed E-state index contributed by atoms with van der Waals surface area (Å²) in [6.07, 6.45) is 14.3. The fraction of sp³-hybridized carbons (Fsp3) is 1.00. The topological polar surface area (TPSA) is 3.24 Å². The third kappa shape index (κ3) is 5.89. The lowest BCUT2D eigenvalue weighted by Gasteiger charge is -2.27. The molecular formula is C15H31N. The molecule has 0 aromatic carbocycles. The first-order valence-electron chi connectivity index (χ1n) is 7.58. The summed E-state index contributed by atoms with van der Waals surface area (Å²) < 4.78 is 0. The van der Waals surface area contributed by atoms with Crippen LogP contribution in [0, 0.1) is 0 Å². The van der Waals surface area contributed by atoms with Crippen LogP contribution in [0.15, 0.2) is 0 Å². The van der Waals surface area contributed by atoms with Crippen molar-refractivity contribution in [1.82, 2.24) is 4.90 Å². The van der Waals surface area contributed by atoms with Crippen LogP contribution in [-0.4, -0.2) is 24.0 Å². The first-order chi connectivity index (χ1) is 7.84. The standard InChI is InChI=1S/C15H31N/c1-3-4-5-6-9-12-15(2)16-13-10-7-8-11-14-16/h15H,3-14H2,1-2H3. The van der Waals surface area contributed by atoms with Crippen molar-refractivity contribution < 1.29 is 0 Å². The van der Waals surface area contributed by atoms with E-state index in [0.717, 1.165) is 6.04 Å². The highest BCUT2D eigenvalue weighted by Crippen LogP contribution is 2.16. The molecule has 1 heterocycles. The molecular weight excluding hydrogens is 194 g/mol. The van der Waals surface area contributed by atoms with Crippen LogP contribution in [0.5, 0.6) is 0 Å². The average Bonchev–Trinajstić information content (AvgIpc) is 2.57. The number of likely N-dealkylation sites (tertiary alicyclic amines) is 1. The van der Waals surface area contributed by atoms with Gasteiger partial charge >= 0.3 is 0 Å². The molecule has 0 amide bonds. The average molecular weight is 225 g/mol. The van der Waals surface area contributed by atoms with Gasteiger partial charge in [-0.2, -0.15) is 0 Å². The van der Waals surface area contributed by atoms with Crippen LogP contribution >= 0.6 is 0 Å². The molecule has 0 aromatic rings. The molecule has 0 aromatic heterocycles. The zero-order chi connectivity index (χ0) is 11.6. The highest BCUT2D eigenvalue weighted by molar-refractivity contribution is 4.70. The first kappa shape index (κ1) is 14.0. The Hall–Kier alpha value is -0.0400. The molecule has 0 N–H and O–H groups in total. The van der Waals surface area contributed by atoms with E-state index in [1.807, 2.05) is 0 Å². The molecule has 1 aliphatic rings. The molecule has 0 saturated carbocycles. The highest BCUT2D eigenvalue weighted by atomic mass is 15.1. The zero-order valence-electron chi connectivity index (χ0n) is 11.5. The maximum Gasteiger partial charge on any atom is 0.00669 e. The summed E-state index contributed by atoms with van der Waals surface area (Å²) in [6.45, 7) is 7.44. The van der Waals surface area contributed by atoms with Crippen molar-refractivity contribution in [2.24, 2.45) is 0 Å². The van der Waals surface area contributed by atoms with E-state index in [-0.39, 0.29) is 0 Å². The van der Waals surface area contributed by atoms with Gasteiger partial charge in [-0.1, -0.05) is 51.9 Å². The molecule has 0 aliphatic carbocycles. The van der Waals surface area contributed by atoms with Crippen molar-refractivity contribution in [3.05, 3.63) is 0 Å². The van der Waals surface area contributed by atoms with Crippen molar-refractivity contribution in [2.75, 3.05) is 13.1 Å². The van der Waals surface area contributed by atoms with Crippen molar-refractivity contribution in [1.29, 1.82) is 0 Å². The molecule has 96 valence electrons. The molecule has 1 nitrogen and oxygen atoms in total. The van der Waals surface area contributed by atoms with Crippen LogP contribution in [0.25, 0.3) is 0 Å². The predicted octanol–water partition coefficient (Wildman–Crippen LogP) is 4.61.